The van der Waals surface area contributed by atoms with Gasteiger partial charge in [-0.3, -0.25) is 4.79 Å². The predicted octanol–water partition coefficient (Wildman–Crippen LogP) is 0.941. The van der Waals surface area contributed by atoms with Crippen molar-refractivity contribution in [3.63, 3.8) is 0 Å². The van der Waals surface area contributed by atoms with Crippen LogP contribution in [0.1, 0.15) is 11.1 Å². The van der Waals surface area contributed by atoms with Crippen LogP contribution in [0.4, 0.5) is 5.69 Å². The second-order valence-corrected chi connectivity index (χ2v) is 4.75. The lowest BCUT2D eigenvalue weighted by Gasteiger charge is -2.38. The number of phenols is 1. The van der Waals surface area contributed by atoms with Crippen LogP contribution in [0.15, 0.2) is 48.5 Å². The highest BCUT2D eigenvalue weighted by molar-refractivity contribution is 5.99. The zero-order valence-electron chi connectivity index (χ0n) is 10.4. The summed E-state index contributed by atoms with van der Waals surface area (Å²) >= 11 is 0. The second kappa shape index (κ2) is 4.33. The maximum Gasteiger partial charge on any atom is 0.256 e. The molecule has 5 heteroatoms. The molecule has 4 N–H and O–H groups in total. The van der Waals surface area contributed by atoms with Crippen molar-refractivity contribution in [3.8, 4) is 5.75 Å². The van der Waals surface area contributed by atoms with Crippen molar-refractivity contribution in [1.29, 1.82) is 0 Å². The van der Waals surface area contributed by atoms with Crippen LogP contribution >= 0.6 is 0 Å². The molecule has 102 valence electrons. The first-order chi connectivity index (χ1) is 9.53. The van der Waals surface area contributed by atoms with Crippen LogP contribution in [-0.4, -0.2) is 27.3 Å². The summed E-state index contributed by atoms with van der Waals surface area (Å²) in [4.78, 5) is 11.8. The van der Waals surface area contributed by atoms with Crippen molar-refractivity contribution in [2.75, 3.05) is 5.32 Å². The summed E-state index contributed by atoms with van der Waals surface area (Å²) in [6, 6.07) is 12.6. The number of para-hydroxylation sites is 1. The number of phenolic OH excluding ortho intramolecular Hbond substituents is 1. The van der Waals surface area contributed by atoms with Crippen molar-refractivity contribution < 1.29 is 20.1 Å². The van der Waals surface area contributed by atoms with E-state index in [9.17, 15) is 20.1 Å². The van der Waals surface area contributed by atoms with Crippen LogP contribution in [0.3, 0.4) is 0 Å². The van der Waals surface area contributed by atoms with Crippen LogP contribution in [0.2, 0.25) is 0 Å². The summed E-state index contributed by atoms with van der Waals surface area (Å²) < 4.78 is 0. The second-order valence-electron chi connectivity index (χ2n) is 4.75. The fourth-order valence-electron chi connectivity index (χ4n) is 2.52. The molecule has 0 aliphatic carbocycles. The molecule has 0 spiro atoms. The summed E-state index contributed by atoms with van der Waals surface area (Å²) in [7, 11) is 0. The number of carbonyl (C=O) groups is 1. The van der Waals surface area contributed by atoms with E-state index in [1.165, 1.54) is 12.1 Å². The lowest BCUT2D eigenvalue weighted by molar-refractivity contribution is -0.138. The first-order valence-electron chi connectivity index (χ1n) is 6.14. The van der Waals surface area contributed by atoms with Crippen molar-refractivity contribution >= 4 is 11.6 Å². The van der Waals surface area contributed by atoms with Gasteiger partial charge in [0.05, 0.1) is 0 Å². The number of amides is 1. The number of anilines is 1. The number of benzene rings is 2. The van der Waals surface area contributed by atoms with Gasteiger partial charge in [-0.2, -0.15) is 0 Å². The van der Waals surface area contributed by atoms with E-state index in [1.807, 2.05) is 0 Å². The first kappa shape index (κ1) is 12.7. The minimum Gasteiger partial charge on any atom is -0.508 e. The highest BCUT2D eigenvalue weighted by Crippen LogP contribution is 2.41. The smallest absolute Gasteiger partial charge is 0.256 e. The summed E-state index contributed by atoms with van der Waals surface area (Å²) in [6.45, 7) is 0. The number of carbonyl (C=O) groups excluding carboxylic acids is 1. The molecule has 20 heavy (non-hydrogen) atoms. The van der Waals surface area contributed by atoms with Crippen molar-refractivity contribution in [2.24, 2.45) is 0 Å². The molecule has 0 unspecified atom stereocenters. The normalized spacial score (nSPS) is 24.9. The van der Waals surface area contributed by atoms with Crippen LogP contribution in [0.25, 0.3) is 0 Å². The van der Waals surface area contributed by atoms with Gasteiger partial charge in [0.25, 0.3) is 5.91 Å². The molecular formula is C15H13NO4. The van der Waals surface area contributed by atoms with Gasteiger partial charge in [-0.05, 0) is 23.8 Å². The van der Waals surface area contributed by atoms with E-state index >= 15 is 0 Å². The third-order valence-corrected chi connectivity index (χ3v) is 3.53. The maximum absolute atomic E-state index is 11.8. The molecule has 5 nitrogen and oxygen atoms in total. The fourth-order valence-corrected chi connectivity index (χ4v) is 2.52. The zero-order chi connectivity index (χ0) is 14.3. The molecular weight excluding hydrogens is 258 g/mol. The average Bonchev–Trinajstić information content (AvgIpc) is 2.45. The largest absolute Gasteiger partial charge is 0.508 e. The van der Waals surface area contributed by atoms with Gasteiger partial charge in [0.1, 0.15) is 5.75 Å². The number of hydrogen-bond acceptors (Lipinski definition) is 4. The zero-order valence-corrected chi connectivity index (χ0v) is 10.4. The molecule has 2 aromatic rings. The Labute approximate surface area is 115 Å². The first-order valence-corrected chi connectivity index (χ1v) is 6.14. The molecule has 2 aromatic carbocycles. The van der Waals surface area contributed by atoms with E-state index in [0.29, 0.717) is 11.3 Å². The summed E-state index contributed by atoms with van der Waals surface area (Å²) in [5.41, 5.74) is -0.809. The third kappa shape index (κ3) is 1.68. The van der Waals surface area contributed by atoms with Gasteiger partial charge >= 0.3 is 0 Å². The van der Waals surface area contributed by atoms with Gasteiger partial charge in [-0.1, -0.05) is 30.3 Å². The maximum atomic E-state index is 11.8. The van der Waals surface area contributed by atoms with Crippen molar-refractivity contribution in [3.05, 3.63) is 59.7 Å². The summed E-state index contributed by atoms with van der Waals surface area (Å²) in [6.07, 6.45) is -1.65. The Bertz CT molecular complexity index is 685. The van der Waals surface area contributed by atoms with Gasteiger partial charge in [0.15, 0.2) is 11.7 Å². The molecule has 3 rings (SSSR count). The number of hydrogen-bond donors (Lipinski definition) is 4. The van der Waals surface area contributed by atoms with Crippen molar-refractivity contribution in [2.45, 2.75) is 11.7 Å². The summed E-state index contributed by atoms with van der Waals surface area (Å²) in [5.74, 6) is -0.735. The molecule has 0 radical (unpaired) electrons. The predicted molar refractivity (Wildman–Crippen MR) is 72.2 cm³/mol. The number of rotatable bonds is 1. The quantitative estimate of drug-likeness (QED) is 0.621. The SMILES string of the molecule is O=C1Nc2ccccc2[C@](O)(c2cccc(O)c2)[C@H]1O. The Morgan fingerprint density at radius 2 is 1.85 bits per heavy atom. The molecule has 0 fully saturated rings. The molecule has 1 aliphatic rings. The number of aliphatic hydroxyl groups is 2. The van der Waals surface area contributed by atoms with E-state index in [1.54, 1.807) is 36.4 Å². The van der Waals surface area contributed by atoms with E-state index in [-0.39, 0.29) is 11.3 Å². The van der Waals surface area contributed by atoms with E-state index < -0.39 is 17.6 Å². The average molecular weight is 271 g/mol. The lowest BCUT2D eigenvalue weighted by atomic mass is 9.78. The Morgan fingerprint density at radius 3 is 2.60 bits per heavy atom. The number of nitrogens with one attached hydrogen (secondary N) is 1. The van der Waals surface area contributed by atoms with E-state index in [2.05, 4.69) is 5.32 Å². The monoisotopic (exact) mass is 271 g/mol. The topological polar surface area (TPSA) is 89.8 Å². The third-order valence-electron chi connectivity index (χ3n) is 3.53. The van der Waals surface area contributed by atoms with Crippen LogP contribution < -0.4 is 5.32 Å². The molecule has 2 atom stereocenters. The molecule has 0 bridgehead atoms. The van der Waals surface area contributed by atoms with E-state index in [0.717, 1.165) is 0 Å². The Morgan fingerprint density at radius 1 is 1.10 bits per heavy atom. The molecule has 0 saturated heterocycles. The number of aliphatic hydroxyl groups excluding tert-OH is 1. The van der Waals surface area contributed by atoms with Gasteiger partial charge in [0.2, 0.25) is 0 Å². The highest BCUT2D eigenvalue weighted by atomic mass is 16.4. The Kier molecular flexibility index (Phi) is 2.74. The molecule has 0 aromatic heterocycles. The van der Waals surface area contributed by atoms with Gasteiger partial charge in [-0.25, -0.2) is 0 Å². The number of fused-ring (bicyclic) bond motifs is 1. The van der Waals surface area contributed by atoms with Crippen LogP contribution in [0.5, 0.6) is 5.75 Å². The number of aromatic hydroxyl groups is 1. The molecule has 1 aliphatic heterocycles. The van der Waals surface area contributed by atoms with Crippen LogP contribution in [-0.2, 0) is 10.4 Å². The standard InChI is InChI=1S/C15H13NO4/c17-10-5-3-4-9(8-10)15(20)11-6-1-2-7-12(11)16-14(19)13(15)18/h1-8,13,17-18,20H,(H,16,19)/t13-,15+/m0/s1. The minimum absolute atomic E-state index is 0.0495. The fraction of sp³-hybridized carbons (Fsp3) is 0.133. The Balaban J connectivity index is 2.27. The highest BCUT2D eigenvalue weighted by Gasteiger charge is 2.48. The molecule has 1 amide bonds. The van der Waals surface area contributed by atoms with Crippen molar-refractivity contribution in [1.82, 2.24) is 0 Å². The van der Waals surface area contributed by atoms with Gasteiger partial charge in [-0.15, -0.1) is 0 Å². The van der Waals surface area contributed by atoms with Gasteiger partial charge < -0.3 is 20.6 Å². The molecule has 1 heterocycles. The minimum atomic E-state index is -1.89. The summed E-state index contributed by atoms with van der Waals surface area (Å²) in [5, 5.41) is 33.2. The lowest BCUT2D eigenvalue weighted by Crippen LogP contribution is -2.51. The van der Waals surface area contributed by atoms with Crippen LogP contribution in [0, 0.1) is 0 Å². The van der Waals surface area contributed by atoms with Gasteiger partial charge in [0, 0.05) is 11.3 Å². The Hall–Kier alpha value is -2.37. The van der Waals surface area contributed by atoms with E-state index in [4.69, 9.17) is 0 Å². The molecule has 0 saturated carbocycles.